The third kappa shape index (κ3) is 4.79. The Morgan fingerprint density at radius 3 is 2.71 bits per heavy atom. The molecule has 2 aromatic rings. The lowest BCUT2D eigenvalue weighted by Gasteiger charge is -2.07. The summed E-state index contributed by atoms with van der Waals surface area (Å²) in [6.45, 7) is 3.99. The molecule has 1 aromatic carbocycles. The van der Waals surface area contributed by atoms with Crippen LogP contribution in [0.1, 0.15) is 37.3 Å². The van der Waals surface area contributed by atoms with E-state index in [0.717, 1.165) is 23.4 Å². The van der Waals surface area contributed by atoms with E-state index in [0.29, 0.717) is 16.6 Å². The van der Waals surface area contributed by atoms with Crippen molar-refractivity contribution in [3.05, 3.63) is 39.9 Å². The van der Waals surface area contributed by atoms with Crippen LogP contribution < -0.4 is 5.32 Å². The Balaban J connectivity index is 1.95. The average molecular weight is 324 g/mol. The SMILES string of the molecule is CCC[C@H](C)C(=O)Nc1nnc(Cc2ccc(Cl)cc2)s1. The first-order valence-corrected chi connectivity index (χ1v) is 8.15. The summed E-state index contributed by atoms with van der Waals surface area (Å²) in [4.78, 5) is 11.9. The average Bonchev–Trinajstić information content (AvgIpc) is 2.89. The van der Waals surface area contributed by atoms with Gasteiger partial charge < -0.3 is 5.32 Å². The quantitative estimate of drug-likeness (QED) is 0.868. The number of carbonyl (C=O) groups is 1. The monoisotopic (exact) mass is 323 g/mol. The van der Waals surface area contributed by atoms with Gasteiger partial charge in [-0.1, -0.05) is 55.3 Å². The normalized spacial score (nSPS) is 12.1. The molecule has 0 bridgehead atoms. The second kappa shape index (κ2) is 7.52. The molecule has 2 rings (SSSR count). The van der Waals surface area contributed by atoms with Gasteiger partial charge >= 0.3 is 0 Å². The molecular weight excluding hydrogens is 306 g/mol. The van der Waals surface area contributed by atoms with E-state index in [-0.39, 0.29) is 11.8 Å². The fourth-order valence-corrected chi connectivity index (χ4v) is 2.85. The zero-order valence-electron chi connectivity index (χ0n) is 12.1. The molecule has 0 saturated heterocycles. The van der Waals surface area contributed by atoms with E-state index in [9.17, 15) is 4.79 Å². The van der Waals surface area contributed by atoms with Gasteiger partial charge in [-0.2, -0.15) is 0 Å². The number of rotatable bonds is 6. The molecule has 1 aromatic heterocycles. The number of carbonyl (C=O) groups excluding carboxylic acids is 1. The number of amides is 1. The standard InChI is InChI=1S/C15H18ClN3OS/c1-3-4-10(2)14(20)17-15-19-18-13(21-15)9-11-5-7-12(16)8-6-11/h5-8,10H,3-4,9H2,1-2H3,(H,17,19,20)/t10-/m0/s1. The zero-order valence-corrected chi connectivity index (χ0v) is 13.7. The van der Waals surface area contributed by atoms with Crippen LogP contribution in [0.15, 0.2) is 24.3 Å². The number of halogens is 1. The van der Waals surface area contributed by atoms with Crippen LogP contribution in [0.4, 0.5) is 5.13 Å². The van der Waals surface area contributed by atoms with E-state index < -0.39 is 0 Å². The fraction of sp³-hybridized carbons (Fsp3) is 0.400. The van der Waals surface area contributed by atoms with E-state index in [1.165, 1.54) is 11.3 Å². The minimum absolute atomic E-state index is 0.00128. The largest absolute Gasteiger partial charge is 0.300 e. The van der Waals surface area contributed by atoms with Crippen molar-refractivity contribution in [3.63, 3.8) is 0 Å². The van der Waals surface area contributed by atoms with Crippen LogP contribution in [0.2, 0.25) is 5.02 Å². The van der Waals surface area contributed by atoms with E-state index in [1.807, 2.05) is 31.2 Å². The van der Waals surface area contributed by atoms with Crippen molar-refractivity contribution in [2.45, 2.75) is 33.1 Å². The Labute approximate surface area is 133 Å². The molecule has 1 atom stereocenters. The molecule has 1 amide bonds. The number of hydrogen-bond donors (Lipinski definition) is 1. The topological polar surface area (TPSA) is 54.9 Å². The van der Waals surface area contributed by atoms with Gasteiger partial charge in [-0.3, -0.25) is 4.79 Å². The summed E-state index contributed by atoms with van der Waals surface area (Å²) < 4.78 is 0. The molecule has 0 fully saturated rings. The number of benzene rings is 1. The van der Waals surface area contributed by atoms with Crippen LogP contribution >= 0.6 is 22.9 Å². The molecule has 0 aliphatic rings. The molecule has 0 aliphatic carbocycles. The summed E-state index contributed by atoms with van der Waals surface area (Å²) in [5.41, 5.74) is 1.12. The highest BCUT2D eigenvalue weighted by Gasteiger charge is 2.14. The molecular formula is C15H18ClN3OS. The molecule has 0 radical (unpaired) electrons. The first kappa shape index (κ1) is 15.9. The molecule has 0 spiro atoms. The van der Waals surface area contributed by atoms with Gasteiger partial charge in [-0.15, -0.1) is 10.2 Å². The van der Waals surface area contributed by atoms with Crippen molar-refractivity contribution < 1.29 is 4.79 Å². The Morgan fingerprint density at radius 2 is 2.05 bits per heavy atom. The van der Waals surface area contributed by atoms with Gasteiger partial charge in [0, 0.05) is 17.4 Å². The summed E-state index contributed by atoms with van der Waals surface area (Å²) in [6.07, 6.45) is 2.56. The lowest BCUT2D eigenvalue weighted by molar-refractivity contribution is -0.119. The van der Waals surface area contributed by atoms with E-state index in [1.54, 1.807) is 0 Å². The van der Waals surface area contributed by atoms with E-state index in [2.05, 4.69) is 22.4 Å². The number of anilines is 1. The third-order valence-corrected chi connectivity index (χ3v) is 4.23. The highest BCUT2D eigenvalue weighted by Crippen LogP contribution is 2.20. The number of nitrogens with zero attached hydrogens (tertiary/aromatic N) is 2. The highest BCUT2D eigenvalue weighted by molar-refractivity contribution is 7.15. The van der Waals surface area contributed by atoms with Crippen LogP contribution in [-0.4, -0.2) is 16.1 Å². The maximum absolute atomic E-state index is 11.9. The first-order chi connectivity index (χ1) is 10.1. The fourth-order valence-electron chi connectivity index (χ4n) is 1.95. The van der Waals surface area contributed by atoms with Gasteiger partial charge in [0.15, 0.2) is 0 Å². The predicted molar refractivity (Wildman–Crippen MR) is 86.9 cm³/mol. The molecule has 1 N–H and O–H groups in total. The summed E-state index contributed by atoms with van der Waals surface area (Å²) in [5.74, 6) is 0.00431. The Hall–Kier alpha value is -1.46. The summed E-state index contributed by atoms with van der Waals surface area (Å²) >= 11 is 7.27. The van der Waals surface area contributed by atoms with E-state index in [4.69, 9.17) is 11.6 Å². The lowest BCUT2D eigenvalue weighted by atomic mass is 10.1. The molecule has 0 saturated carbocycles. The second-order valence-corrected chi connectivity index (χ2v) is 6.48. The Morgan fingerprint density at radius 1 is 1.33 bits per heavy atom. The van der Waals surface area contributed by atoms with Crippen LogP contribution in [0.5, 0.6) is 0 Å². The van der Waals surface area contributed by atoms with Crippen molar-refractivity contribution in [1.29, 1.82) is 0 Å². The summed E-state index contributed by atoms with van der Waals surface area (Å²) in [7, 11) is 0. The second-order valence-electron chi connectivity index (χ2n) is 4.98. The molecule has 21 heavy (non-hydrogen) atoms. The molecule has 0 aliphatic heterocycles. The lowest BCUT2D eigenvalue weighted by Crippen LogP contribution is -2.20. The van der Waals surface area contributed by atoms with Crippen LogP contribution in [-0.2, 0) is 11.2 Å². The number of aromatic nitrogens is 2. The number of nitrogens with one attached hydrogen (secondary N) is 1. The molecule has 1 heterocycles. The van der Waals surface area contributed by atoms with Gasteiger partial charge in [0.25, 0.3) is 0 Å². The Kier molecular flexibility index (Phi) is 5.70. The van der Waals surface area contributed by atoms with Crippen molar-refractivity contribution in [3.8, 4) is 0 Å². The first-order valence-electron chi connectivity index (χ1n) is 6.96. The van der Waals surface area contributed by atoms with E-state index >= 15 is 0 Å². The van der Waals surface area contributed by atoms with Crippen LogP contribution in [0.3, 0.4) is 0 Å². The highest BCUT2D eigenvalue weighted by atomic mass is 35.5. The molecule has 4 nitrogen and oxygen atoms in total. The van der Waals surface area contributed by atoms with Crippen molar-refractivity contribution in [2.24, 2.45) is 5.92 Å². The van der Waals surface area contributed by atoms with Crippen molar-refractivity contribution in [1.82, 2.24) is 10.2 Å². The van der Waals surface area contributed by atoms with Crippen LogP contribution in [0.25, 0.3) is 0 Å². The van der Waals surface area contributed by atoms with Crippen molar-refractivity contribution in [2.75, 3.05) is 5.32 Å². The molecule has 112 valence electrons. The summed E-state index contributed by atoms with van der Waals surface area (Å²) in [5, 5.41) is 13.1. The third-order valence-electron chi connectivity index (χ3n) is 3.13. The molecule has 6 heteroatoms. The maximum atomic E-state index is 11.9. The smallest absolute Gasteiger partial charge is 0.229 e. The van der Waals surface area contributed by atoms with Gasteiger partial charge in [0.2, 0.25) is 11.0 Å². The predicted octanol–water partition coefficient (Wildman–Crippen LogP) is 4.16. The number of hydrogen-bond acceptors (Lipinski definition) is 4. The van der Waals surface area contributed by atoms with Crippen LogP contribution in [0, 0.1) is 5.92 Å². The van der Waals surface area contributed by atoms with Crippen molar-refractivity contribution >= 4 is 34.0 Å². The maximum Gasteiger partial charge on any atom is 0.229 e. The minimum Gasteiger partial charge on any atom is -0.300 e. The van der Waals surface area contributed by atoms with Gasteiger partial charge in [0.05, 0.1) is 0 Å². The molecule has 0 unspecified atom stereocenters. The minimum atomic E-state index is -0.00128. The van der Waals surface area contributed by atoms with Gasteiger partial charge in [-0.25, -0.2) is 0 Å². The van der Waals surface area contributed by atoms with Gasteiger partial charge in [0.1, 0.15) is 5.01 Å². The van der Waals surface area contributed by atoms with Gasteiger partial charge in [-0.05, 0) is 24.1 Å². The zero-order chi connectivity index (χ0) is 15.2. The summed E-state index contributed by atoms with van der Waals surface area (Å²) in [6, 6.07) is 7.64. The Bertz CT molecular complexity index is 597.